The average Bonchev–Trinajstić information content (AvgIpc) is 3.40. The van der Waals surface area contributed by atoms with Crippen LogP contribution < -0.4 is 10.1 Å². The molecule has 32 heavy (non-hydrogen) atoms. The lowest BCUT2D eigenvalue weighted by molar-refractivity contribution is -0.122. The molecule has 1 aliphatic heterocycles. The molecule has 0 bridgehead atoms. The lowest BCUT2D eigenvalue weighted by Crippen LogP contribution is -2.46. The maximum absolute atomic E-state index is 12.8. The van der Waals surface area contributed by atoms with Gasteiger partial charge >= 0.3 is 0 Å². The highest BCUT2D eigenvalue weighted by Gasteiger charge is 2.35. The van der Waals surface area contributed by atoms with Crippen LogP contribution in [0.5, 0.6) is 5.75 Å². The number of amides is 1. The summed E-state index contributed by atoms with van der Waals surface area (Å²) in [5, 5.41) is 13.0. The maximum atomic E-state index is 12.8. The lowest BCUT2D eigenvalue weighted by atomic mass is 9.91. The van der Waals surface area contributed by atoms with Gasteiger partial charge in [0.15, 0.2) is 0 Å². The second-order valence-electron chi connectivity index (χ2n) is 9.08. The second kappa shape index (κ2) is 10.0. The summed E-state index contributed by atoms with van der Waals surface area (Å²) in [4.78, 5) is 22.3. The maximum Gasteiger partial charge on any atom is 0.227 e. The summed E-state index contributed by atoms with van der Waals surface area (Å²) in [6.45, 7) is 4.39. The van der Waals surface area contributed by atoms with Gasteiger partial charge in [-0.05, 0) is 56.6 Å². The van der Waals surface area contributed by atoms with Crippen LogP contribution >= 0.6 is 11.3 Å². The second-order valence-corrected chi connectivity index (χ2v) is 10.2. The van der Waals surface area contributed by atoms with E-state index in [0.717, 1.165) is 86.4 Å². The van der Waals surface area contributed by atoms with Gasteiger partial charge in [0.1, 0.15) is 10.6 Å². The van der Waals surface area contributed by atoms with Gasteiger partial charge in [0, 0.05) is 43.4 Å². The minimum absolute atomic E-state index is 0.0534. The molecule has 2 aromatic heterocycles. The average molecular weight is 460 g/mol. The SMILES string of the molecule is O=C(NCCCO)[C@@H]1CCc2sc3nccc(O[C@H]4CC[C@H](N5CCOCC5)CC4)c3c21. The zero-order valence-corrected chi connectivity index (χ0v) is 19.4. The molecule has 8 heteroatoms. The van der Waals surface area contributed by atoms with Crippen LogP contribution in [0.3, 0.4) is 0 Å². The topological polar surface area (TPSA) is 83.9 Å². The number of aliphatic hydroxyl groups is 1. The fourth-order valence-electron chi connectivity index (χ4n) is 5.46. The first kappa shape index (κ1) is 22.1. The van der Waals surface area contributed by atoms with E-state index in [1.807, 2.05) is 12.3 Å². The van der Waals surface area contributed by atoms with Crippen LogP contribution in [0.1, 0.15) is 54.9 Å². The van der Waals surface area contributed by atoms with Crippen LogP contribution in [0.15, 0.2) is 12.3 Å². The molecule has 2 aromatic rings. The Hall–Kier alpha value is -1.74. The molecule has 2 aliphatic carbocycles. The first-order valence-corrected chi connectivity index (χ1v) is 12.8. The lowest BCUT2D eigenvalue weighted by Gasteiger charge is -2.38. The summed E-state index contributed by atoms with van der Waals surface area (Å²) in [6, 6.07) is 2.62. The van der Waals surface area contributed by atoms with Crippen molar-refractivity contribution >= 4 is 27.5 Å². The molecule has 0 spiro atoms. The molecular weight excluding hydrogens is 426 g/mol. The zero-order valence-electron chi connectivity index (χ0n) is 18.6. The monoisotopic (exact) mass is 459 g/mol. The number of aromatic nitrogens is 1. The summed E-state index contributed by atoms with van der Waals surface area (Å²) >= 11 is 1.70. The van der Waals surface area contributed by atoms with E-state index in [4.69, 9.17) is 14.6 Å². The molecule has 1 atom stereocenters. The van der Waals surface area contributed by atoms with Crippen LogP contribution in [0, 0.1) is 0 Å². The van der Waals surface area contributed by atoms with Gasteiger partial charge < -0.3 is 19.9 Å². The molecule has 2 fully saturated rings. The fraction of sp³-hybridized carbons (Fsp3) is 0.667. The highest BCUT2D eigenvalue weighted by atomic mass is 32.1. The van der Waals surface area contributed by atoms with E-state index >= 15 is 0 Å². The predicted molar refractivity (Wildman–Crippen MR) is 124 cm³/mol. The van der Waals surface area contributed by atoms with Crippen molar-refractivity contribution in [2.24, 2.45) is 0 Å². The third-order valence-electron chi connectivity index (χ3n) is 7.13. The molecule has 3 heterocycles. The van der Waals surface area contributed by atoms with Gasteiger partial charge in [-0.1, -0.05) is 0 Å². The van der Waals surface area contributed by atoms with E-state index in [9.17, 15) is 4.79 Å². The highest BCUT2D eigenvalue weighted by molar-refractivity contribution is 7.19. The summed E-state index contributed by atoms with van der Waals surface area (Å²) in [6.07, 6.45) is 8.82. The van der Waals surface area contributed by atoms with Crippen LogP contribution in [-0.4, -0.2) is 72.5 Å². The number of fused-ring (bicyclic) bond motifs is 3. The van der Waals surface area contributed by atoms with E-state index in [0.29, 0.717) is 19.0 Å². The first-order valence-electron chi connectivity index (χ1n) is 12.0. The Balaban J connectivity index is 1.30. The van der Waals surface area contributed by atoms with Crippen molar-refractivity contribution < 1.29 is 19.4 Å². The van der Waals surface area contributed by atoms with Crippen LogP contribution in [0.2, 0.25) is 0 Å². The highest BCUT2D eigenvalue weighted by Crippen LogP contribution is 2.47. The minimum Gasteiger partial charge on any atom is -0.490 e. The van der Waals surface area contributed by atoms with Gasteiger partial charge in [0.05, 0.1) is 30.6 Å². The van der Waals surface area contributed by atoms with Crippen molar-refractivity contribution in [1.29, 1.82) is 0 Å². The number of hydrogen-bond donors (Lipinski definition) is 2. The van der Waals surface area contributed by atoms with E-state index in [2.05, 4.69) is 15.2 Å². The van der Waals surface area contributed by atoms with Crippen LogP contribution in [0.25, 0.3) is 10.2 Å². The molecular formula is C24H33N3O4S. The molecule has 2 N–H and O–H groups in total. The van der Waals surface area contributed by atoms with Gasteiger partial charge in [-0.25, -0.2) is 4.98 Å². The van der Waals surface area contributed by atoms with Gasteiger partial charge in [-0.15, -0.1) is 11.3 Å². The normalized spacial score (nSPS) is 26.2. The quantitative estimate of drug-likeness (QED) is 0.620. The zero-order chi connectivity index (χ0) is 21.9. The fourth-order valence-corrected chi connectivity index (χ4v) is 6.69. The van der Waals surface area contributed by atoms with E-state index in [-0.39, 0.29) is 24.5 Å². The van der Waals surface area contributed by atoms with Crippen molar-refractivity contribution in [1.82, 2.24) is 15.2 Å². The number of carbonyl (C=O) groups is 1. The number of ether oxygens (including phenoxy) is 2. The van der Waals surface area contributed by atoms with Gasteiger partial charge in [0.25, 0.3) is 0 Å². The molecule has 174 valence electrons. The summed E-state index contributed by atoms with van der Waals surface area (Å²) in [7, 11) is 0. The smallest absolute Gasteiger partial charge is 0.227 e. The van der Waals surface area contributed by atoms with Gasteiger partial charge in [-0.2, -0.15) is 0 Å². The number of aryl methyl sites for hydroxylation is 1. The third-order valence-corrected chi connectivity index (χ3v) is 8.30. The van der Waals surface area contributed by atoms with Crippen LogP contribution in [0.4, 0.5) is 0 Å². The number of hydrogen-bond acceptors (Lipinski definition) is 7. The standard InChI is InChI=1S/C24H33N3O4S/c28-13-1-9-25-23(29)18-6-7-20-21(18)22-19(8-10-26-24(22)32-20)31-17-4-2-16(3-5-17)27-11-14-30-15-12-27/h8,10,16-18,28H,1-7,9,11-15H2,(H,25,29)/t16-,17-,18-/m1/s1. The molecule has 7 nitrogen and oxygen atoms in total. The molecule has 1 amide bonds. The molecule has 1 saturated heterocycles. The van der Waals surface area contributed by atoms with Crippen LogP contribution in [-0.2, 0) is 16.0 Å². The van der Waals surface area contributed by atoms with E-state index < -0.39 is 0 Å². The Morgan fingerprint density at radius 2 is 2.06 bits per heavy atom. The number of nitrogens with one attached hydrogen (secondary N) is 1. The van der Waals surface area contributed by atoms with Gasteiger partial charge in [0.2, 0.25) is 5.91 Å². The van der Waals surface area contributed by atoms with E-state index in [1.54, 1.807) is 11.3 Å². The molecule has 0 aromatic carbocycles. The number of nitrogens with zero attached hydrogens (tertiary/aromatic N) is 2. The predicted octanol–water partition coefficient (Wildman–Crippen LogP) is 2.85. The number of carbonyl (C=O) groups excluding carboxylic acids is 1. The van der Waals surface area contributed by atoms with Crippen molar-refractivity contribution in [3.05, 3.63) is 22.7 Å². The number of thiophene rings is 1. The molecule has 5 rings (SSSR count). The first-order chi connectivity index (χ1) is 15.7. The Kier molecular flexibility index (Phi) is 6.92. The Bertz CT molecular complexity index is 935. The summed E-state index contributed by atoms with van der Waals surface area (Å²) < 4.78 is 12.1. The van der Waals surface area contributed by atoms with Crippen molar-refractivity contribution in [2.45, 2.75) is 63.0 Å². The summed E-state index contributed by atoms with van der Waals surface area (Å²) in [5.74, 6) is 0.788. The molecule has 3 aliphatic rings. The van der Waals surface area contributed by atoms with Crippen molar-refractivity contribution in [3.8, 4) is 5.75 Å². The molecule has 1 saturated carbocycles. The minimum atomic E-state index is -0.152. The van der Waals surface area contributed by atoms with E-state index in [1.165, 1.54) is 4.88 Å². The van der Waals surface area contributed by atoms with Gasteiger partial charge in [-0.3, -0.25) is 9.69 Å². The van der Waals surface area contributed by atoms with Crippen molar-refractivity contribution in [3.63, 3.8) is 0 Å². The summed E-state index contributed by atoms with van der Waals surface area (Å²) in [5.41, 5.74) is 1.12. The third kappa shape index (κ3) is 4.51. The Morgan fingerprint density at radius 3 is 2.84 bits per heavy atom. The molecule has 0 radical (unpaired) electrons. The number of morpholine rings is 1. The molecule has 0 unspecified atom stereocenters. The largest absolute Gasteiger partial charge is 0.490 e. The van der Waals surface area contributed by atoms with Crippen molar-refractivity contribution in [2.75, 3.05) is 39.5 Å². The Morgan fingerprint density at radius 1 is 1.25 bits per heavy atom. The number of pyridine rings is 1. The number of rotatable bonds is 7. The number of aliphatic hydroxyl groups excluding tert-OH is 1. The Labute approximate surface area is 193 Å².